The zero-order valence-corrected chi connectivity index (χ0v) is 11.0. The lowest BCUT2D eigenvalue weighted by Gasteiger charge is -2.33. The second-order valence-corrected chi connectivity index (χ2v) is 4.40. The summed E-state index contributed by atoms with van der Waals surface area (Å²) < 4.78 is 0. The Morgan fingerprint density at radius 2 is 2.00 bits per heavy atom. The summed E-state index contributed by atoms with van der Waals surface area (Å²) in [5.74, 6) is -0.710. The number of piperazine rings is 1. The van der Waals surface area contributed by atoms with Gasteiger partial charge < -0.3 is 15.1 Å². The lowest BCUT2D eigenvalue weighted by Crippen LogP contribution is -2.51. The van der Waals surface area contributed by atoms with Gasteiger partial charge in [-0.1, -0.05) is 13.0 Å². The molecule has 1 N–H and O–H groups in total. The highest BCUT2D eigenvalue weighted by Gasteiger charge is 2.25. The summed E-state index contributed by atoms with van der Waals surface area (Å²) in [6.07, 6.45) is 1.57. The topological polar surface area (TPSA) is 65.5 Å². The molecule has 19 heavy (non-hydrogen) atoms. The van der Waals surface area contributed by atoms with Crippen LogP contribution in [0.15, 0.2) is 24.4 Å². The monoisotopic (exact) mass is 262 g/mol. The van der Waals surface area contributed by atoms with Crippen molar-refractivity contribution >= 4 is 17.6 Å². The van der Waals surface area contributed by atoms with E-state index >= 15 is 0 Å². The maximum atomic E-state index is 12.0. The number of pyridine rings is 1. The number of carbonyl (C=O) groups is 2. The molecule has 1 aromatic heterocycles. The fourth-order valence-corrected chi connectivity index (χ4v) is 2.02. The molecule has 2 amide bonds. The van der Waals surface area contributed by atoms with Gasteiger partial charge in [-0.15, -0.1) is 0 Å². The molecular formula is C13H18N4O2. The first-order valence-electron chi connectivity index (χ1n) is 6.44. The number of hydrogen-bond donors (Lipinski definition) is 1. The number of nitrogens with zero attached hydrogens (tertiary/aromatic N) is 3. The van der Waals surface area contributed by atoms with Crippen molar-refractivity contribution in [2.45, 2.75) is 6.92 Å². The number of hydrogen-bond acceptors (Lipinski definition) is 4. The maximum absolute atomic E-state index is 12.0. The quantitative estimate of drug-likeness (QED) is 0.772. The van der Waals surface area contributed by atoms with E-state index in [-0.39, 0.29) is 0 Å². The van der Waals surface area contributed by atoms with Gasteiger partial charge in [-0.25, -0.2) is 4.98 Å². The zero-order chi connectivity index (χ0) is 13.7. The number of rotatable bonds is 2. The maximum Gasteiger partial charge on any atom is 0.315 e. The minimum Gasteiger partial charge on any atom is -0.332 e. The van der Waals surface area contributed by atoms with Crippen molar-refractivity contribution in [3.05, 3.63) is 24.4 Å². The van der Waals surface area contributed by atoms with E-state index in [1.807, 2.05) is 0 Å². The van der Waals surface area contributed by atoms with Crippen LogP contribution in [-0.2, 0) is 9.59 Å². The highest BCUT2D eigenvalue weighted by Crippen LogP contribution is 2.04. The third kappa shape index (κ3) is 3.51. The van der Waals surface area contributed by atoms with Crippen molar-refractivity contribution in [1.82, 2.24) is 14.8 Å². The molecule has 0 aromatic carbocycles. The van der Waals surface area contributed by atoms with Gasteiger partial charge in [0.2, 0.25) is 0 Å². The normalized spacial score (nSPS) is 16.2. The number of nitrogens with one attached hydrogen (secondary N) is 1. The Kier molecular flexibility index (Phi) is 4.46. The molecule has 0 spiro atoms. The third-order valence-electron chi connectivity index (χ3n) is 3.21. The highest BCUT2D eigenvalue weighted by atomic mass is 16.2. The second-order valence-electron chi connectivity index (χ2n) is 4.40. The molecule has 1 aliphatic heterocycles. The molecule has 0 bridgehead atoms. The van der Waals surface area contributed by atoms with E-state index < -0.39 is 11.8 Å². The summed E-state index contributed by atoms with van der Waals surface area (Å²) >= 11 is 0. The molecule has 102 valence electrons. The van der Waals surface area contributed by atoms with Crippen LogP contribution in [0.4, 0.5) is 5.82 Å². The Balaban J connectivity index is 1.88. The fourth-order valence-electron chi connectivity index (χ4n) is 2.02. The summed E-state index contributed by atoms with van der Waals surface area (Å²) in [5, 5.41) is 2.51. The van der Waals surface area contributed by atoms with Gasteiger partial charge in [0.15, 0.2) is 0 Å². The molecule has 0 aliphatic carbocycles. The predicted molar refractivity (Wildman–Crippen MR) is 71.6 cm³/mol. The van der Waals surface area contributed by atoms with Gasteiger partial charge in [0.1, 0.15) is 5.82 Å². The molecule has 1 saturated heterocycles. The van der Waals surface area contributed by atoms with Crippen LogP contribution >= 0.6 is 0 Å². The summed E-state index contributed by atoms with van der Waals surface area (Å²) in [6.45, 7) is 5.90. The van der Waals surface area contributed by atoms with Crippen molar-refractivity contribution in [1.29, 1.82) is 0 Å². The van der Waals surface area contributed by atoms with Gasteiger partial charge in [-0.2, -0.15) is 0 Å². The first kappa shape index (κ1) is 13.5. The summed E-state index contributed by atoms with van der Waals surface area (Å²) in [4.78, 5) is 31.6. The van der Waals surface area contributed by atoms with E-state index in [9.17, 15) is 9.59 Å². The Morgan fingerprint density at radius 3 is 2.58 bits per heavy atom. The number of likely N-dealkylation sites (N-methyl/N-ethyl adjacent to an activating group) is 1. The Morgan fingerprint density at radius 1 is 1.26 bits per heavy atom. The molecule has 6 nitrogen and oxygen atoms in total. The van der Waals surface area contributed by atoms with Crippen molar-refractivity contribution in [2.24, 2.45) is 0 Å². The van der Waals surface area contributed by atoms with Crippen molar-refractivity contribution in [2.75, 3.05) is 38.0 Å². The van der Waals surface area contributed by atoms with Gasteiger partial charge >= 0.3 is 11.8 Å². The first-order chi connectivity index (χ1) is 9.20. The molecule has 1 aromatic rings. The molecule has 2 heterocycles. The van der Waals surface area contributed by atoms with E-state index in [1.54, 1.807) is 29.3 Å². The van der Waals surface area contributed by atoms with Crippen molar-refractivity contribution in [3.63, 3.8) is 0 Å². The second kappa shape index (κ2) is 6.29. The summed E-state index contributed by atoms with van der Waals surface area (Å²) in [5.41, 5.74) is 0. The molecule has 1 aliphatic rings. The largest absolute Gasteiger partial charge is 0.332 e. The lowest BCUT2D eigenvalue weighted by atomic mass is 10.3. The average molecular weight is 262 g/mol. The van der Waals surface area contributed by atoms with Crippen LogP contribution in [0.5, 0.6) is 0 Å². The minimum atomic E-state index is -0.622. The number of anilines is 1. The lowest BCUT2D eigenvalue weighted by molar-refractivity contribution is -0.144. The van der Waals surface area contributed by atoms with Gasteiger partial charge in [0, 0.05) is 32.4 Å². The van der Waals surface area contributed by atoms with E-state index in [0.29, 0.717) is 18.9 Å². The Hall–Kier alpha value is -1.95. The number of aromatic nitrogens is 1. The Bertz CT molecular complexity index is 441. The standard InChI is InChI=1S/C13H18N4O2/c1-2-16-7-9-17(10-8-16)13(19)12(18)15-11-5-3-4-6-14-11/h3-6H,2,7-10H2,1H3,(H,14,15,18). The third-order valence-corrected chi connectivity index (χ3v) is 3.21. The van der Waals surface area contributed by atoms with Crippen LogP contribution in [0, 0.1) is 0 Å². The zero-order valence-electron chi connectivity index (χ0n) is 11.0. The molecule has 0 atom stereocenters. The molecule has 0 saturated carbocycles. The van der Waals surface area contributed by atoms with Gasteiger partial charge in [-0.05, 0) is 18.7 Å². The molecular weight excluding hydrogens is 244 g/mol. The van der Waals surface area contributed by atoms with Crippen molar-refractivity contribution in [3.8, 4) is 0 Å². The van der Waals surface area contributed by atoms with Crippen LogP contribution in [-0.4, -0.2) is 59.3 Å². The van der Waals surface area contributed by atoms with Crippen LogP contribution in [0.2, 0.25) is 0 Å². The van der Waals surface area contributed by atoms with Crippen molar-refractivity contribution < 1.29 is 9.59 Å². The highest BCUT2D eigenvalue weighted by molar-refractivity contribution is 6.39. The van der Waals surface area contributed by atoms with Crippen LogP contribution in [0.1, 0.15) is 6.92 Å². The van der Waals surface area contributed by atoms with E-state index in [1.165, 1.54) is 0 Å². The smallest absolute Gasteiger partial charge is 0.315 e. The molecule has 0 radical (unpaired) electrons. The average Bonchev–Trinajstić information content (AvgIpc) is 2.47. The minimum absolute atomic E-state index is 0.396. The van der Waals surface area contributed by atoms with E-state index in [0.717, 1.165) is 19.6 Å². The molecule has 1 fully saturated rings. The summed E-state index contributed by atoms with van der Waals surface area (Å²) in [6, 6.07) is 5.16. The Labute approximate surface area is 112 Å². The van der Waals surface area contributed by atoms with Gasteiger partial charge in [0.25, 0.3) is 0 Å². The fraction of sp³-hybridized carbons (Fsp3) is 0.462. The van der Waals surface area contributed by atoms with E-state index in [2.05, 4.69) is 22.1 Å². The van der Waals surface area contributed by atoms with Crippen LogP contribution < -0.4 is 5.32 Å². The van der Waals surface area contributed by atoms with Crippen LogP contribution in [0.25, 0.3) is 0 Å². The SMILES string of the molecule is CCN1CCN(C(=O)C(=O)Nc2ccccn2)CC1. The van der Waals surface area contributed by atoms with Gasteiger partial charge in [0.05, 0.1) is 0 Å². The van der Waals surface area contributed by atoms with E-state index in [4.69, 9.17) is 0 Å². The molecule has 0 unspecified atom stereocenters. The number of carbonyl (C=O) groups excluding carboxylic acids is 2. The summed E-state index contributed by atoms with van der Waals surface area (Å²) in [7, 11) is 0. The van der Waals surface area contributed by atoms with Gasteiger partial charge in [-0.3, -0.25) is 9.59 Å². The molecule has 2 rings (SSSR count). The molecule has 6 heteroatoms. The number of amides is 2. The first-order valence-corrected chi connectivity index (χ1v) is 6.44. The van der Waals surface area contributed by atoms with Crippen LogP contribution in [0.3, 0.4) is 0 Å². The predicted octanol–water partition coefficient (Wildman–Crippen LogP) is 0.184.